The van der Waals surface area contributed by atoms with Crippen LogP contribution >= 0.6 is 0 Å². The molecule has 4 heteroatoms. The fraction of sp³-hybridized carbons (Fsp3) is 0.600. The zero-order valence-electron chi connectivity index (χ0n) is 8.13. The Morgan fingerprint density at radius 1 is 1.43 bits per heavy atom. The lowest BCUT2D eigenvalue weighted by atomic mass is 10.0. The van der Waals surface area contributed by atoms with Gasteiger partial charge in [0, 0.05) is 18.9 Å². The average molecular weight is 193 g/mol. The highest BCUT2D eigenvalue weighted by Crippen LogP contribution is 2.21. The predicted molar refractivity (Wildman–Crippen MR) is 54.1 cm³/mol. The first-order valence-corrected chi connectivity index (χ1v) is 5.05. The van der Waals surface area contributed by atoms with Gasteiger partial charge in [-0.25, -0.2) is 4.98 Å². The second kappa shape index (κ2) is 4.37. The van der Waals surface area contributed by atoms with Gasteiger partial charge in [-0.3, -0.25) is 4.98 Å². The molecule has 1 aliphatic heterocycles. The molecular formula is C10H15N3O. The summed E-state index contributed by atoms with van der Waals surface area (Å²) < 4.78 is 0. The van der Waals surface area contributed by atoms with Crippen LogP contribution in [0.4, 0.5) is 5.82 Å². The van der Waals surface area contributed by atoms with Gasteiger partial charge in [0.15, 0.2) is 0 Å². The molecule has 0 aromatic carbocycles. The highest BCUT2D eigenvalue weighted by Gasteiger charge is 2.22. The maximum atomic E-state index is 9.23. The Bertz CT molecular complexity index is 278. The van der Waals surface area contributed by atoms with Crippen molar-refractivity contribution >= 4 is 5.82 Å². The molecule has 1 aromatic rings. The number of hydrogen-bond acceptors (Lipinski definition) is 4. The normalized spacial score (nSPS) is 22.4. The van der Waals surface area contributed by atoms with Crippen LogP contribution in [-0.4, -0.2) is 34.3 Å². The topological polar surface area (TPSA) is 49.2 Å². The van der Waals surface area contributed by atoms with Gasteiger partial charge in [-0.15, -0.1) is 0 Å². The predicted octanol–water partition coefficient (Wildman–Crippen LogP) is 0.828. The summed E-state index contributed by atoms with van der Waals surface area (Å²) in [5.41, 5.74) is 0. The van der Waals surface area contributed by atoms with Gasteiger partial charge >= 0.3 is 0 Å². The van der Waals surface area contributed by atoms with E-state index in [0.717, 1.165) is 18.8 Å². The lowest BCUT2D eigenvalue weighted by Crippen LogP contribution is -2.42. The molecular weight excluding hydrogens is 178 g/mol. The number of rotatable bonds is 2. The van der Waals surface area contributed by atoms with Gasteiger partial charge in [0.05, 0.1) is 18.8 Å². The molecule has 0 aliphatic carbocycles. The molecule has 2 rings (SSSR count). The van der Waals surface area contributed by atoms with Crippen molar-refractivity contribution in [1.29, 1.82) is 0 Å². The van der Waals surface area contributed by atoms with E-state index in [0.29, 0.717) is 0 Å². The van der Waals surface area contributed by atoms with Gasteiger partial charge in [-0.2, -0.15) is 0 Å². The number of piperidine rings is 1. The van der Waals surface area contributed by atoms with Crippen LogP contribution in [0.5, 0.6) is 0 Å². The molecule has 0 amide bonds. The molecule has 0 unspecified atom stereocenters. The van der Waals surface area contributed by atoms with E-state index >= 15 is 0 Å². The van der Waals surface area contributed by atoms with Crippen molar-refractivity contribution in [3.63, 3.8) is 0 Å². The maximum absolute atomic E-state index is 9.23. The van der Waals surface area contributed by atoms with Crippen molar-refractivity contribution in [3.8, 4) is 0 Å². The Labute approximate surface area is 83.6 Å². The van der Waals surface area contributed by atoms with E-state index < -0.39 is 0 Å². The molecule has 1 N–H and O–H groups in total. The highest BCUT2D eigenvalue weighted by atomic mass is 16.3. The van der Waals surface area contributed by atoms with Gasteiger partial charge in [0.1, 0.15) is 5.82 Å². The van der Waals surface area contributed by atoms with Crippen LogP contribution in [-0.2, 0) is 0 Å². The summed E-state index contributed by atoms with van der Waals surface area (Å²) in [7, 11) is 0. The van der Waals surface area contributed by atoms with Crippen molar-refractivity contribution in [1.82, 2.24) is 9.97 Å². The Balaban J connectivity index is 2.15. The summed E-state index contributed by atoms with van der Waals surface area (Å²) in [4.78, 5) is 10.4. The molecule has 1 fully saturated rings. The molecule has 1 aliphatic rings. The fourth-order valence-electron chi connectivity index (χ4n) is 1.93. The molecule has 0 saturated carbocycles. The molecule has 1 saturated heterocycles. The molecule has 0 radical (unpaired) electrons. The first-order chi connectivity index (χ1) is 6.92. The van der Waals surface area contributed by atoms with Crippen molar-refractivity contribution in [2.24, 2.45) is 0 Å². The van der Waals surface area contributed by atoms with Gasteiger partial charge in [0.25, 0.3) is 0 Å². The first-order valence-electron chi connectivity index (χ1n) is 5.05. The standard InChI is InChI=1S/C10H15N3O/c14-8-9-3-1-2-6-13(9)10-7-11-4-5-12-10/h4-5,7,9,14H,1-3,6,8H2/t9-/m0/s1. The quantitative estimate of drug-likeness (QED) is 0.755. The number of aliphatic hydroxyl groups excluding tert-OH is 1. The fourth-order valence-corrected chi connectivity index (χ4v) is 1.93. The Kier molecular flexibility index (Phi) is 2.93. The molecule has 2 heterocycles. The smallest absolute Gasteiger partial charge is 0.147 e. The maximum Gasteiger partial charge on any atom is 0.147 e. The Hall–Kier alpha value is -1.16. The van der Waals surface area contributed by atoms with Gasteiger partial charge in [-0.1, -0.05) is 0 Å². The van der Waals surface area contributed by atoms with Gasteiger partial charge < -0.3 is 10.0 Å². The number of anilines is 1. The lowest BCUT2D eigenvalue weighted by Gasteiger charge is -2.35. The summed E-state index contributed by atoms with van der Waals surface area (Å²) in [6.45, 7) is 1.18. The van der Waals surface area contributed by atoms with Crippen molar-refractivity contribution in [2.75, 3.05) is 18.1 Å². The van der Waals surface area contributed by atoms with E-state index in [2.05, 4.69) is 14.9 Å². The zero-order valence-corrected chi connectivity index (χ0v) is 8.13. The SMILES string of the molecule is OC[C@@H]1CCCCN1c1cnccn1. The molecule has 14 heavy (non-hydrogen) atoms. The summed E-state index contributed by atoms with van der Waals surface area (Å²) in [6, 6.07) is 0.223. The largest absolute Gasteiger partial charge is 0.394 e. The van der Waals surface area contributed by atoms with Crippen molar-refractivity contribution in [3.05, 3.63) is 18.6 Å². The monoisotopic (exact) mass is 193 g/mol. The van der Waals surface area contributed by atoms with E-state index in [1.807, 2.05) is 0 Å². The molecule has 0 spiro atoms. The number of nitrogens with zero attached hydrogens (tertiary/aromatic N) is 3. The molecule has 1 aromatic heterocycles. The highest BCUT2D eigenvalue weighted by molar-refractivity contribution is 5.37. The summed E-state index contributed by atoms with van der Waals surface area (Å²) >= 11 is 0. The van der Waals surface area contributed by atoms with Crippen LogP contribution in [0.3, 0.4) is 0 Å². The number of aromatic nitrogens is 2. The number of hydrogen-bond donors (Lipinski definition) is 1. The van der Waals surface area contributed by atoms with Crippen LogP contribution in [0.25, 0.3) is 0 Å². The van der Waals surface area contributed by atoms with Crippen molar-refractivity contribution < 1.29 is 5.11 Å². The van der Waals surface area contributed by atoms with E-state index in [9.17, 15) is 5.11 Å². The Morgan fingerprint density at radius 3 is 3.07 bits per heavy atom. The Morgan fingerprint density at radius 2 is 2.36 bits per heavy atom. The minimum Gasteiger partial charge on any atom is -0.394 e. The van der Waals surface area contributed by atoms with Crippen LogP contribution in [0.2, 0.25) is 0 Å². The second-order valence-electron chi connectivity index (χ2n) is 3.59. The first kappa shape index (κ1) is 9.40. The summed E-state index contributed by atoms with van der Waals surface area (Å²) in [5.74, 6) is 0.881. The van der Waals surface area contributed by atoms with Crippen LogP contribution < -0.4 is 4.90 Å². The van der Waals surface area contributed by atoms with E-state index in [1.165, 1.54) is 12.8 Å². The zero-order chi connectivity index (χ0) is 9.80. The average Bonchev–Trinajstić information content (AvgIpc) is 2.30. The van der Waals surface area contributed by atoms with Crippen LogP contribution in [0.1, 0.15) is 19.3 Å². The van der Waals surface area contributed by atoms with E-state index in [4.69, 9.17) is 0 Å². The van der Waals surface area contributed by atoms with E-state index in [-0.39, 0.29) is 12.6 Å². The molecule has 0 bridgehead atoms. The van der Waals surface area contributed by atoms with Gasteiger partial charge in [0.2, 0.25) is 0 Å². The van der Waals surface area contributed by atoms with Crippen LogP contribution in [0, 0.1) is 0 Å². The number of aliphatic hydroxyl groups is 1. The third kappa shape index (κ3) is 1.85. The van der Waals surface area contributed by atoms with E-state index in [1.54, 1.807) is 18.6 Å². The third-order valence-corrected chi connectivity index (χ3v) is 2.68. The van der Waals surface area contributed by atoms with Crippen molar-refractivity contribution in [2.45, 2.75) is 25.3 Å². The second-order valence-corrected chi connectivity index (χ2v) is 3.59. The lowest BCUT2D eigenvalue weighted by molar-refractivity contribution is 0.239. The minimum absolute atomic E-state index is 0.205. The summed E-state index contributed by atoms with van der Waals surface area (Å²) in [6.07, 6.45) is 8.54. The van der Waals surface area contributed by atoms with Gasteiger partial charge in [-0.05, 0) is 19.3 Å². The molecule has 76 valence electrons. The molecule has 1 atom stereocenters. The van der Waals surface area contributed by atoms with Crippen LogP contribution in [0.15, 0.2) is 18.6 Å². The summed E-state index contributed by atoms with van der Waals surface area (Å²) in [5, 5.41) is 9.23. The minimum atomic E-state index is 0.205. The third-order valence-electron chi connectivity index (χ3n) is 2.68. The molecule has 4 nitrogen and oxygen atoms in total.